The van der Waals surface area contributed by atoms with Crippen molar-refractivity contribution in [3.8, 4) is 0 Å². The first-order chi connectivity index (χ1) is 9.75. The molecular formula is C13H19ClN2O3S2. The van der Waals surface area contributed by atoms with Crippen molar-refractivity contribution in [1.29, 1.82) is 0 Å². The summed E-state index contributed by atoms with van der Waals surface area (Å²) in [5, 5.41) is 0.137. The van der Waals surface area contributed by atoms with Crippen LogP contribution in [0.1, 0.15) is 19.4 Å². The molecule has 8 heteroatoms. The molecule has 0 aliphatic carbocycles. The van der Waals surface area contributed by atoms with Crippen LogP contribution in [0, 0.1) is 0 Å². The maximum Gasteiger partial charge on any atom is 0.244 e. The molecule has 21 heavy (non-hydrogen) atoms. The SMILES string of the molecule is CCN(C(C)COC)S(=O)(=O)c1cc(C(N)=S)ccc1Cl. The lowest BCUT2D eigenvalue weighted by Gasteiger charge is -2.27. The van der Waals surface area contributed by atoms with Gasteiger partial charge >= 0.3 is 0 Å². The number of methoxy groups -OCH3 is 1. The molecule has 0 saturated heterocycles. The Morgan fingerprint density at radius 2 is 2.14 bits per heavy atom. The second-order valence-corrected chi connectivity index (χ2v) is 7.23. The van der Waals surface area contributed by atoms with E-state index in [-0.39, 0.29) is 20.9 Å². The van der Waals surface area contributed by atoms with E-state index in [4.69, 9.17) is 34.3 Å². The first-order valence-electron chi connectivity index (χ1n) is 6.35. The zero-order valence-electron chi connectivity index (χ0n) is 12.2. The number of likely N-dealkylation sites (N-methyl/N-ethyl adjacent to an activating group) is 1. The second-order valence-electron chi connectivity index (χ2n) is 4.52. The minimum Gasteiger partial charge on any atom is -0.389 e. The molecule has 0 aliphatic rings. The normalized spacial score (nSPS) is 13.4. The summed E-state index contributed by atoms with van der Waals surface area (Å²) >= 11 is 10.9. The molecule has 0 radical (unpaired) electrons. The minimum atomic E-state index is -3.75. The Labute approximate surface area is 136 Å². The van der Waals surface area contributed by atoms with Crippen LogP contribution in [0.4, 0.5) is 0 Å². The van der Waals surface area contributed by atoms with Crippen molar-refractivity contribution < 1.29 is 13.2 Å². The van der Waals surface area contributed by atoms with Crippen LogP contribution in [0.5, 0.6) is 0 Å². The lowest BCUT2D eigenvalue weighted by molar-refractivity contribution is 0.142. The van der Waals surface area contributed by atoms with E-state index >= 15 is 0 Å². The highest BCUT2D eigenvalue weighted by atomic mass is 35.5. The summed E-state index contributed by atoms with van der Waals surface area (Å²) in [6, 6.07) is 4.17. The standard InChI is InChI=1S/C13H19ClN2O3S2/c1-4-16(9(2)8-19-3)21(17,18)12-7-10(13(15)20)5-6-11(12)14/h5-7,9H,4,8H2,1-3H3,(H2,15,20). The third-order valence-electron chi connectivity index (χ3n) is 3.01. The van der Waals surface area contributed by atoms with Gasteiger partial charge in [-0.25, -0.2) is 8.42 Å². The van der Waals surface area contributed by atoms with Crippen LogP contribution < -0.4 is 5.73 Å². The van der Waals surface area contributed by atoms with Gasteiger partial charge in [-0.1, -0.05) is 36.8 Å². The predicted octanol–water partition coefficient (Wildman–Crippen LogP) is 2.02. The molecule has 2 N–H and O–H groups in total. The van der Waals surface area contributed by atoms with Gasteiger partial charge in [0.1, 0.15) is 9.88 Å². The number of hydrogen-bond donors (Lipinski definition) is 1. The second kappa shape index (κ2) is 7.51. The minimum absolute atomic E-state index is 0.000676. The third kappa shape index (κ3) is 4.14. The number of thiocarbonyl (C=S) groups is 1. The third-order valence-corrected chi connectivity index (χ3v) is 5.82. The summed E-state index contributed by atoms with van der Waals surface area (Å²) < 4.78 is 31.9. The molecule has 1 aromatic carbocycles. The average molecular weight is 351 g/mol. The first kappa shape index (κ1) is 18.3. The van der Waals surface area contributed by atoms with Gasteiger partial charge in [0, 0.05) is 25.3 Å². The fourth-order valence-electron chi connectivity index (χ4n) is 2.02. The smallest absolute Gasteiger partial charge is 0.244 e. The van der Waals surface area contributed by atoms with E-state index in [1.54, 1.807) is 19.9 Å². The predicted molar refractivity (Wildman–Crippen MR) is 88.2 cm³/mol. The largest absolute Gasteiger partial charge is 0.389 e. The fraction of sp³-hybridized carbons (Fsp3) is 0.462. The Morgan fingerprint density at radius 3 is 2.62 bits per heavy atom. The van der Waals surface area contributed by atoms with Crippen molar-refractivity contribution >= 4 is 38.8 Å². The van der Waals surface area contributed by atoms with Gasteiger partial charge in [0.05, 0.1) is 11.6 Å². The average Bonchev–Trinajstić information content (AvgIpc) is 2.39. The van der Waals surface area contributed by atoms with Gasteiger partial charge in [0.15, 0.2) is 0 Å². The van der Waals surface area contributed by atoms with Gasteiger partial charge in [-0.3, -0.25) is 0 Å². The van der Waals surface area contributed by atoms with Gasteiger partial charge in [-0.05, 0) is 19.1 Å². The quantitative estimate of drug-likeness (QED) is 0.762. The summed E-state index contributed by atoms with van der Waals surface area (Å²) in [7, 11) is -2.23. The Bertz CT molecular complexity index is 620. The van der Waals surface area contributed by atoms with Crippen LogP contribution in [-0.4, -0.2) is 44.0 Å². The molecule has 1 atom stereocenters. The van der Waals surface area contributed by atoms with Crippen molar-refractivity contribution in [3.05, 3.63) is 28.8 Å². The molecule has 0 spiro atoms. The maximum absolute atomic E-state index is 12.8. The number of sulfonamides is 1. The van der Waals surface area contributed by atoms with Gasteiger partial charge in [0.2, 0.25) is 10.0 Å². The van der Waals surface area contributed by atoms with Crippen LogP contribution in [-0.2, 0) is 14.8 Å². The van der Waals surface area contributed by atoms with E-state index in [1.807, 2.05) is 0 Å². The van der Waals surface area contributed by atoms with Crippen molar-refractivity contribution in [2.75, 3.05) is 20.3 Å². The van der Waals surface area contributed by atoms with Crippen molar-refractivity contribution in [2.24, 2.45) is 5.73 Å². The summed E-state index contributed by atoms with van der Waals surface area (Å²) in [6.45, 7) is 4.13. The topological polar surface area (TPSA) is 72.6 Å². The van der Waals surface area contributed by atoms with Crippen molar-refractivity contribution in [1.82, 2.24) is 4.31 Å². The van der Waals surface area contributed by atoms with Gasteiger partial charge < -0.3 is 10.5 Å². The Hall–Kier alpha value is -0.730. The molecule has 0 aromatic heterocycles. The van der Waals surface area contributed by atoms with E-state index in [2.05, 4.69) is 0 Å². The van der Waals surface area contributed by atoms with E-state index in [9.17, 15) is 8.42 Å². The monoisotopic (exact) mass is 350 g/mol. The molecule has 0 aliphatic heterocycles. The van der Waals surface area contributed by atoms with E-state index in [1.165, 1.54) is 23.5 Å². The lowest BCUT2D eigenvalue weighted by Crippen LogP contribution is -2.41. The zero-order valence-corrected chi connectivity index (χ0v) is 14.6. The van der Waals surface area contributed by atoms with Gasteiger partial charge in [-0.15, -0.1) is 0 Å². The van der Waals surface area contributed by atoms with Crippen LogP contribution in [0.3, 0.4) is 0 Å². The summed E-state index contributed by atoms with van der Waals surface area (Å²) in [5.74, 6) is 0. The molecule has 5 nitrogen and oxygen atoms in total. The number of halogens is 1. The van der Waals surface area contributed by atoms with Crippen LogP contribution in [0.2, 0.25) is 5.02 Å². The molecular weight excluding hydrogens is 332 g/mol. The molecule has 0 fully saturated rings. The number of nitrogens with two attached hydrogens (primary N) is 1. The first-order valence-corrected chi connectivity index (χ1v) is 8.58. The highest BCUT2D eigenvalue weighted by molar-refractivity contribution is 7.89. The van der Waals surface area contributed by atoms with Crippen LogP contribution in [0.15, 0.2) is 23.1 Å². The van der Waals surface area contributed by atoms with E-state index < -0.39 is 10.0 Å². The summed E-state index contributed by atoms with van der Waals surface area (Å²) in [6.07, 6.45) is 0. The molecule has 118 valence electrons. The molecule has 1 aromatic rings. The number of benzene rings is 1. The Morgan fingerprint density at radius 1 is 1.52 bits per heavy atom. The lowest BCUT2D eigenvalue weighted by atomic mass is 10.2. The van der Waals surface area contributed by atoms with Crippen molar-refractivity contribution in [3.63, 3.8) is 0 Å². The molecule has 1 unspecified atom stereocenters. The van der Waals surface area contributed by atoms with Crippen LogP contribution >= 0.6 is 23.8 Å². The van der Waals surface area contributed by atoms with Crippen LogP contribution in [0.25, 0.3) is 0 Å². The number of nitrogens with zero attached hydrogens (tertiary/aromatic N) is 1. The number of ether oxygens (including phenoxy) is 1. The highest BCUT2D eigenvalue weighted by Gasteiger charge is 2.29. The molecule has 0 heterocycles. The summed E-state index contributed by atoms with van der Waals surface area (Å²) in [5.41, 5.74) is 6.01. The fourth-order valence-corrected chi connectivity index (χ4v) is 4.28. The van der Waals surface area contributed by atoms with Gasteiger partial charge in [0.25, 0.3) is 0 Å². The molecule has 1 rings (SSSR count). The van der Waals surface area contributed by atoms with E-state index in [0.29, 0.717) is 18.7 Å². The Balaban J connectivity index is 3.34. The summed E-state index contributed by atoms with van der Waals surface area (Å²) in [4.78, 5) is 0.121. The van der Waals surface area contributed by atoms with Crippen molar-refractivity contribution in [2.45, 2.75) is 24.8 Å². The highest BCUT2D eigenvalue weighted by Crippen LogP contribution is 2.27. The maximum atomic E-state index is 12.8. The zero-order chi connectivity index (χ0) is 16.2. The molecule has 0 bridgehead atoms. The number of rotatable bonds is 7. The molecule has 0 saturated carbocycles. The molecule has 0 amide bonds. The Kier molecular flexibility index (Phi) is 6.55. The van der Waals surface area contributed by atoms with Gasteiger partial charge in [-0.2, -0.15) is 4.31 Å². The van der Waals surface area contributed by atoms with E-state index in [0.717, 1.165) is 0 Å². The number of hydrogen-bond acceptors (Lipinski definition) is 4.